The second-order valence-electron chi connectivity index (χ2n) is 8.74. The fraction of sp³-hybridized carbons (Fsp3) is 0.545. The van der Waals surface area contributed by atoms with E-state index in [2.05, 4.69) is 20.1 Å². The lowest BCUT2D eigenvalue weighted by atomic mass is 10.2. The van der Waals surface area contributed by atoms with Crippen molar-refractivity contribution in [3.05, 3.63) is 47.9 Å². The minimum atomic E-state index is -0.514. The molecule has 0 bridgehead atoms. The van der Waals surface area contributed by atoms with Crippen LogP contribution in [0, 0.1) is 5.82 Å². The van der Waals surface area contributed by atoms with E-state index >= 15 is 0 Å². The third-order valence-electron chi connectivity index (χ3n) is 4.89. The normalized spacial score (nSPS) is 16.9. The summed E-state index contributed by atoms with van der Waals surface area (Å²) < 4.78 is 24.1. The van der Waals surface area contributed by atoms with Gasteiger partial charge in [0, 0.05) is 38.4 Å². The molecule has 3 rings (SSSR count). The van der Waals surface area contributed by atoms with Crippen molar-refractivity contribution in [1.82, 2.24) is 14.8 Å². The summed E-state index contributed by atoms with van der Waals surface area (Å²) in [6, 6.07) is 5.53. The molecule has 1 aliphatic rings. The van der Waals surface area contributed by atoms with E-state index in [-0.39, 0.29) is 17.1 Å². The molecular formula is C22H31FN4O4. The van der Waals surface area contributed by atoms with Crippen LogP contribution in [0.1, 0.15) is 37.2 Å². The summed E-state index contributed by atoms with van der Waals surface area (Å²) in [4.78, 5) is 21.0. The molecule has 31 heavy (non-hydrogen) atoms. The molecular weight excluding hydrogens is 403 g/mol. The number of aliphatic hydroxyl groups is 1. The number of aliphatic hydroxyl groups excluding tert-OH is 1. The van der Waals surface area contributed by atoms with Gasteiger partial charge >= 0.3 is 0 Å². The fourth-order valence-electron chi connectivity index (χ4n) is 3.23. The summed E-state index contributed by atoms with van der Waals surface area (Å²) in [5.41, 5.74) is 0.409. The summed E-state index contributed by atoms with van der Waals surface area (Å²) in [7, 11) is 0. The maximum absolute atomic E-state index is 13.0. The molecule has 1 saturated heterocycles. The van der Waals surface area contributed by atoms with Crippen molar-refractivity contribution >= 4 is 11.6 Å². The largest absolute Gasteiger partial charge is 0.447 e. The van der Waals surface area contributed by atoms with E-state index in [0.29, 0.717) is 31.3 Å². The molecule has 1 atom stereocenters. The highest BCUT2D eigenvalue weighted by Crippen LogP contribution is 2.13. The Balaban J connectivity index is 1.41. The first kappa shape index (κ1) is 23.3. The van der Waals surface area contributed by atoms with E-state index in [4.69, 9.17) is 9.15 Å². The third kappa shape index (κ3) is 7.70. The molecule has 8 nitrogen and oxygen atoms in total. The highest BCUT2D eigenvalue weighted by Gasteiger charge is 2.22. The Kier molecular flexibility index (Phi) is 7.77. The van der Waals surface area contributed by atoms with Gasteiger partial charge in [-0.1, -0.05) is 0 Å². The second-order valence-corrected chi connectivity index (χ2v) is 8.74. The number of piperazine rings is 1. The van der Waals surface area contributed by atoms with Gasteiger partial charge in [-0.2, -0.15) is 0 Å². The molecule has 2 aromatic rings. The lowest BCUT2D eigenvalue weighted by Crippen LogP contribution is -2.49. The van der Waals surface area contributed by atoms with Gasteiger partial charge in [-0.15, -0.1) is 0 Å². The number of rotatable bonds is 8. The molecule has 1 aromatic heterocycles. The number of benzene rings is 1. The minimum absolute atomic E-state index is 0.180. The molecule has 9 heteroatoms. The number of anilines is 1. The molecule has 0 aliphatic carbocycles. The van der Waals surface area contributed by atoms with Crippen molar-refractivity contribution in [3.8, 4) is 0 Å². The number of nitrogens with one attached hydrogen (secondary N) is 1. The summed E-state index contributed by atoms with van der Waals surface area (Å²) in [5, 5.41) is 12.8. The average molecular weight is 435 g/mol. The minimum Gasteiger partial charge on any atom is -0.447 e. The van der Waals surface area contributed by atoms with Gasteiger partial charge in [0.1, 0.15) is 12.1 Å². The van der Waals surface area contributed by atoms with Crippen LogP contribution in [0.15, 0.2) is 34.9 Å². The highest BCUT2D eigenvalue weighted by atomic mass is 19.1. The van der Waals surface area contributed by atoms with Crippen molar-refractivity contribution < 1.29 is 23.4 Å². The Morgan fingerprint density at radius 2 is 1.87 bits per heavy atom. The van der Waals surface area contributed by atoms with Crippen molar-refractivity contribution in [1.29, 1.82) is 0 Å². The van der Waals surface area contributed by atoms with E-state index in [9.17, 15) is 14.3 Å². The summed E-state index contributed by atoms with van der Waals surface area (Å²) in [6.45, 7) is 10.6. The number of carbonyl (C=O) groups is 1. The summed E-state index contributed by atoms with van der Waals surface area (Å²) >= 11 is 0. The Morgan fingerprint density at radius 3 is 2.52 bits per heavy atom. The number of β-amino-alcohol motifs (C(OH)–C–C–N with tert-alkyl or cyclic N) is 1. The number of oxazole rings is 1. The zero-order valence-electron chi connectivity index (χ0n) is 18.3. The van der Waals surface area contributed by atoms with Crippen molar-refractivity contribution in [3.63, 3.8) is 0 Å². The van der Waals surface area contributed by atoms with Crippen molar-refractivity contribution in [2.45, 2.75) is 39.0 Å². The first-order chi connectivity index (χ1) is 14.7. The smallest absolute Gasteiger partial charge is 0.277 e. The molecule has 0 unspecified atom stereocenters. The Bertz CT molecular complexity index is 842. The second kappa shape index (κ2) is 10.3. The van der Waals surface area contributed by atoms with Crippen LogP contribution in [0.5, 0.6) is 0 Å². The number of aromatic nitrogens is 1. The Labute approximate surface area is 182 Å². The lowest BCUT2D eigenvalue weighted by molar-refractivity contribution is -0.0588. The van der Waals surface area contributed by atoms with Gasteiger partial charge in [-0.05, 0) is 45.0 Å². The van der Waals surface area contributed by atoms with Gasteiger partial charge < -0.3 is 19.6 Å². The van der Waals surface area contributed by atoms with Gasteiger partial charge in [-0.25, -0.2) is 9.37 Å². The third-order valence-corrected chi connectivity index (χ3v) is 4.89. The van der Waals surface area contributed by atoms with Crippen molar-refractivity contribution in [2.24, 2.45) is 0 Å². The number of amides is 1. The molecule has 1 amide bonds. The number of ether oxygens (including phenoxy) is 1. The van der Waals surface area contributed by atoms with Crippen LogP contribution in [0.25, 0.3) is 0 Å². The maximum atomic E-state index is 13.0. The number of carbonyl (C=O) groups excluding carboxylic acids is 1. The van der Waals surface area contributed by atoms with Gasteiger partial charge in [0.2, 0.25) is 5.89 Å². The monoisotopic (exact) mass is 434 g/mol. The van der Waals surface area contributed by atoms with Crippen LogP contribution in [-0.4, -0.2) is 76.8 Å². The Hall–Kier alpha value is -2.33. The predicted octanol–water partition coefficient (Wildman–Crippen LogP) is 2.36. The SMILES string of the molecule is CC(C)(C)OC[C@H](O)CN1CCN(Cc2nc(C(=O)Nc3ccc(F)cc3)co2)CC1. The zero-order valence-corrected chi connectivity index (χ0v) is 18.3. The molecule has 1 aliphatic heterocycles. The van der Waals surface area contributed by atoms with Crippen LogP contribution < -0.4 is 5.32 Å². The van der Waals surface area contributed by atoms with E-state index < -0.39 is 12.0 Å². The Morgan fingerprint density at radius 1 is 1.23 bits per heavy atom. The quantitative estimate of drug-likeness (QED) is 0.659. The first-order valence-electron chi connectivity index (χ1n) is 10.5. The standard InChI is InChI=1S/C22H31FN4O4/c1-22(2,3)31-14-18(28)12-26-8-10-27(11-9-26)13-20-25-19(15-30-20)21(29)24-17-6-4-16(23)5-7-17/h4-7,15,18,28H,8-14H2,1-3H3,(H,24,29)/t18-/m1/s1. The lowest BCUT2D eigenvalue weighted by Gasteiger charge is -2.35. The predicted molar refractivity (Wildman–Crippen MR) is 114 cm³/mol. The van der Waals surface area contributed by atoms with E-state index in [1.54, 1.807) is 0 Å². The van der Waals surface area contributed by atoms with Gasteiger partial charge in [-0.3, -0.25) is 14.6 Å². The zero-order chi connectivity index (χ0) is 22.4. The summed E-state index contributed by atoms with van der Waals surface area (Å²) in [5.74, 6) is -0.302. The molecule has 2 heterocycles. The molecule has 0 saturated carbocycles. The van der Waals surface area contributed by atoms with Crippen LogP contribution in [-0.2, 0) is 11.3 Å². The van der Waals surface area contributed by atoms with Crippen LogP contribution in [0.3, 0.4) is 0 Å². The van der Waals surface area contributed by atoms with Crippen LogP contribution >= 0.6 is 0 Å². The average Bonchev–Trinajstić information content (AvgIpc) is 3.18. The fourth-order valence-corrected chi connectivity index (χ4v) is 3.23. The number of hydrogen-bond acceptors (Lipinski definition) is 7. The summed E-state index contributed by atoms with van der Waals surface area (Å²) in [6.07, 6.45) is 0.815. The number of hydrogen-bond donors (Lipinski definition) is 2. The highest BCUT2D eigenvalue weighted by molar-refractivity contribution is 6.02. The molecule has 2 N–H and O–H groups in total. The first-order valence-corrected chi connectivity index (χ1v) is 10.5. The maximum Gasteiger partial charge on any atom is 0.277 e. The number of nitrogens with zero attached hydrogens (tertiary/aromatic N) is 3. The molecule has 0 radical (unpaired) electrons. The van der Waals surface area contributed by atoms with E-state index in [0.717, 1.165) is 26.2 Å². The van der Waals surface area contributed by atoms with Crippen molar-refractivity contribution in [2.75, 3.05) is 44.6 Å². The number of halogens is 1. The molecule has 0 spiro atoms. The van der Waals surface area contributed by atoms with E-state index in [1.165, 1.54) is 30.5 Å². The molecule has 1 aromatic carbocycles. The van der Waals surface area contributed by atoms with Crippen LogP contribution in [0.4, 0.5) is 10.1 Å². The van der Waals surface area contributed by atoms with E-state index in [1.807, 2.05) is 20.8 Å². The molecule has 1 fully saturated rings. The molecule has 170 valence electrons. The van der Waals surface area contributed by atoms with Gasteiger partial charge in [0.25, 0.3) is 5.91 Å². The van der Waals surface area contributed by atoms with Gasteiger partial charge in [0.15, 0.2) is 5.69 Å². The topological polar surface area (TPSA) is 91.1 Å². The van der Waals surface area contributed by atoms with Gasteiger partial charge in [0.05, 0.1) is 24.9 Å². The van der Waals surface area contributed by atoms with Crippen LogP contribution in [0.2, 0.25) is 0 Å².